The molecular weight excluding hydrogens is 394 g/mol. The first-order valence-corrected chi connectivity index (χ1v) is 10.3. The Balaban J connectivity index is 1.63. The van der Waals surface area contributed by atoms with E-state index in [2.05, 4.69) is 4.72 Å². The molecule has 7 nitrogen and oxygen atoms in total. The lowest BCUT2D eigenvalue weighted by atomic mass is 10.1. The first-order chi connectivity index (χ1) is 13.9. The molecule has 2 aromatic carbocycles. The monoisotopic (exact) mass is 413 g/mol. The standard InChI is InChI=1S/C21H19NO6S/c1-15(20(23)16-6-3-2-4-7-16)28-21(24)17-9-11-19(12-10-17)29(25,26)22-14-18-8-5-13-27-18/h2-13,15,22H,14H2,1H3. The highest BCUT2D eigenvalue weighted by Gasteiger charge is 2.21. The third-order valence-corrected chi connectivity index (χ3v) is 5.55. The Bertz CT molecular complexity index is 1070. The predicted octanol–water partition coefficient (Wildman–Crippen LogP) is 3.19. The van der Waals surface area contributed by atoms with Crippen LogP contribution in [0.25, 0.3) is 0 Å². The van der Waals surface area contributed by atoms with Gasteiger partial charge in [-0.15, -0.1) is 0 Å². The number of hydrogen-bond donors (Lipinski definition) is 1. The van der Waals surface area contributed by atoms with Crippen molar-refractivity contribution in [3.8, 4) is 0 Å². The van der Waals surface area contributed by atoms with Crippen molar-refractivity contribution in [3.63, 3.8) is 0 Å². The average Bonchev–Trinajstić information content (AvgIpc) is 3.26. The van der Waals surface area contributed by atoms with Gasteiger partial charge in [-0.25, -0.2) is 17.9 Å². The molecule has 0 fully saturated rings. The number of benzene rings is 2. The largest absolute Gasteiger partial charge is 0.468 e. The fourth-order valence-corrected chi connectivity index (χ4v) is 3.55. The van der Waals surface area contributed by atoms with Gasteiger partial charge in [-0.2, -0.15) is 0 Å². The maximum atomic E-state index is 12.3. The molecule has 0 bridgehead atoms. The van der Waals surface area contributed by atoms with Crippen molar-refractivity contribution in [2.45, 2.75) is 24.5 Å². The molecule has 0 aliphatic heterocycles. The van der Waals surface area contributed by atoms with Crippen molar-refractivity contribution >= 4 is 21.8 Å². The second-order valence-corrected chi connectivity index (χ2v) is 7.97. The van der Waals surface area contributed by atoms with Gasteiger partial charge in [0.2, 0.25) is 15.8 Å². The Morgan fingerprint density at radius 1 is 0.966 bits per heavy atom. The van der Waals surface area contributed by atoms with Crippen molar-refractivity contribution in [2.75, 3.05) is 0 Å². The van der Waals surface area contributed by atoms with Gasteiger partial charge in [0.05, 0.1) is 23.3 Å². The Kier molecular flexibility index (Phi) is 6.26. The molecule has 3 rings (SSSR count). The number of ether oxygens (including phenoxy) is 1. The molecule has 1 aromatic heterocycles. The van der Waals surface area contributed by atoms with Crippen molar-refractivity contribution in [1.82, 2.24) is 4.72 Å². The van der Waals surface area contributed by atoms with E-state index >= 15 is 0 Å². The molecule has 0 aliphatic carbocycles. The van der Waals surface area contributed by atoms with Crippen LogP contribution in [-0.2, 0) is 21.3 Å². The molecule has 0 saturated carbocycles. The molecule has 0 amide bonds. The highest BCUT2D eigenvalue weighted by Crippen LogP contribution is 2.14. The van der Waals surface area contributed by atoms with Crippen molar-refractivity contribution < 1.29 is 27.2 Å². The molecular formula is C21H19NO6S. The lowest BCUT2D eigenvalue weighted by Crippen LogP contribution is -2.25. The van der Waals surface area contributed by atoms with Crippen LogP contribution in [0.2, 0.25) is 0 Å². The third kappa shape index (κ3) is 5.18. The molecule has 1 unspecified atom stereocenters. The number of sulfonamides is 1. The maximum Gasteiger partial charge on any atom is 0.338 e. The summed E-state index contributed by atoms with van der Waals surface area (Å²) >= 11 is 0. The summed E-state index contributed by atoms with van der Waals surface area (Å²) in [6, 6.07) is 17.1. The molecule has 1 N–H and O–H groups in total. The summed E-state index contributed by atoms with van der Waals surface area (Å²) in [7, 11) is -3.77. The van der Waals surface area contributed by atoms with Crippen LogP contribution < -0.4 is 4.72 Å². The number of esters is 1. The highest BCUT2D eigenvalue weighted by molar-refractivity contribution is 7.89. The van der Waals surface area contributed by atoms with Gasteiger partial charge in [-0.1, -0.05) is 30.3 Å². The topological polar surface area (TPSA) is 103 Å². The highest BCUT2D eigenvalue weighted by atomic mass is 32.2. The number of carbonyl (C=O) groups excluding carboxylic acids is 2. The van der Waals surface area contributed by atoms with E-state index in [-0.39, 0.29) is 22.8 Å². The van der Waals surface area contributed by atoms with E-state index in [9.17, 15) is 18.0 Å². The minimum Gasteiger partial charge on any atom is -0.468 e. The van der Waals surface area contributed by atoms with Gasteiger partial charge in [0.15, 0.2) is 6.10 Å². The maximum absolute atomic E-state index is 12.3. The molecule has 0 spiro atoms. The molecule has 150 valence electrons. The van der Waals surface area contributed by atoms with E-state index in [1.807, 2.05) is 0 Å². The third-order valence-electron chi connectivity index (χ3n) is 4.13. The van der Waals surface area contributed by atoms with Crippen LogP contribution >= 0.6 is 0 Å². The van der Waals surface area contributed by atoms with Gasteiger partial charge >= 0.3 is 5.97 Å². The van der Waals surface area contributed by atoms with E-state index in [1.165, 1.54) is 37.5 Å². The Hall–Kier alpha value is -3.23. The van der Waals surface area contributed by atoms with Crippen LogP contribution in [0.3, 0.4) is 0 Å². The Morgan fingerprint density at radius 2 is 1.66 bits per heavy atom. The normalized spacial score (nSPS) is 12.3. The fraction of sp³-hybridized carbons (Fsp3) is 0.143. The Labute approximate surface area is 168 Å². The summed E-state index contributed by atoms with van der Waals surface area (Å²) in [5, 5.41) is 0. The number of rotatable bonds is 8. The summed E-state index contributed by atoms with van der Waals surface area (Å²) in [5.74, 6) is -0.555. The minimum absolute atomic E-state index is 0.00554. The molecule has 0 radical (unpaired) electrons. The van der Waals surface area contributed by atoms with Crippen LogP contribution in [0.5, 0.6) is 0 Å². The SMILES string of the molecule is CC(OC(=O)c1ccc(S(=O)(=O)NCc2ccco2)cc1)C(=O)c1ccccc1. The van der Waals surface area contributed by atoms with Gasteiger partial charge in [0.25, 0.3) is 0 Å². The van der Waals surface area contributed by atoms with Gasteiger partial charge in [-0.3, -0.25) is 4.79 Å². The smallest absolute Gasteiger partial charge is 0.338 e. The number of furan rings is 1. The van der Waals surface area contributed by atoms with Gasteiger partial charge in [0, 0.05) is 5.56 Å². The lowest BCUT2D eigenvalue weighted by molar-refractivity contribution is 0.0318. The average molecular weight is 413 g/mol. The van der Waals surface area contributed by atoms with E-state index in [0.717, 1.165) is 0 Å². The first-order valence-electron chi connectivity index (χ1n) is 8.79. The number of Topliss-reactive ketones (excluding diaryl/α,β-unsaturated/α-hetero) is 1. The zero-order valence-corrected chi connectivity index (χ0v) is 16.4. The number of carbonyl (C=O) groups is 2. The molecule has 29 heavy (non-hydrogen) atoms. The summed E-state index contributed by atoms with van der Waals surface area (Å²) in [5.41, 5.74) is 0.583. The second kappa shape index (κ2) is 8.85. The zero-order valence-electron chi connectivity index (χ0n) is 15.6. The van der Waals surface area contributed by atoms with Gasteiger partial charge < -0.3 is 9.15 Å². The fourth-order valence-electron chi connectivity index (χ4n) is 2.55. The zero-order chi connectivity index (χ0) is 20.9. The second-order valence-electron chi connectivity index (χ2n) is 6.21. The molecule has 1 heterocycles. The van der Waals surface area contributed by atoms with Crippen molar-refractivity contribution in [3.05, 3.63) is 89.9 Å². The van der Waals surface area contributed by atoms with E-state index in [1.54, 1.807) is 42.5 Å². The van der Waals surface area contributed by atoms with E-state index in [0.29, 0.717) is 11.3 Å². The molecule has 0 aliphatic rings. The first kappa shape index (κ1) is 20.5. The molecule has 0 saturated heterocycles. The van der Waals surface area contributed by atoms with E-state index < -0.39 is 22.1 Å². The molecule has 8 heteroatoms. The summed E-state index contributed by atoms with van der Waals surface area (Å²) in [4.78, 5) is 24.6. The van der Waals surface area contributed by atoms with Crippen LogP contribution in [0.1, 0.15) is 33.4 Å². The van der Waals surface area contributed by atoms with Crippen molar-refractivity contribution in [2.24, 2.45) is 0 Å². The minimum atomic E-state index is -3.77. The van der Waals surface area contributed by atoms with Crippen LogP contribution in [-0.4, -0.2) is 26.3 Å². The Morgan fingerprint density at radius 3 is 2.28 bits per heavy atom. The van der Waals surface area contributed by atoms with Crippen LogP contribution in [0.4, 0.5) is 0 Å². The number of ketones is 1. The van der Waals surface area contributed by atoms with Gasteiger partial charge in [0.1, 0.15) is 5.76 Å². The lowest BCUT2D eigenvalue weighted by Gasteiger charge is -2.12. The van der Waals surface area contributed by atoms with Crippen LogP contribution in [0.15, 0.2) is 82.3 Å². The molecule has 3 aromatic rings. The summed E-state index contributed by atoms with van der Waals surface area (Å²) in [6.07, 6.45) is 0.483. The summed E-state index contributed by atoms with van der Waals surface area (Å²) < 4.78 is 37.3. The number of hydrogen-bond acceptors (Lipinski definition) is 6. The van der Waals surface area contributed by atoms with Gasteiger partial charge in [-0.05, 0) is 43.3 Å². The van der Waals surface area contributed by atoms with Crippen molar-refractivity contribution in [1.29, 1.82) is 0 Å². The van der Waals surface area contributed by atoms with Crippen LogP contribution in [0, 0.1) is 0 Å². The summed E-state index contributed by atoms with van der Waals surface area (Å²) in [6.45, 7) is 1.50. The molecule has 1 atom stereocenters. The number of nitrogens with one attached hydrogen (secondary N) is 1. The quantitative estimate of drug-likeness (QED) is 0.449. The van der Waals surface area contributed by atoms with E-state index in [4.69, 9.17) is 9.15 Å². The predicted molar refractivity (Wildman–Crippen MR) is 105 cm³/mol.